The Bertz CT molecular complexity index is 1560. The van der Waals surface area contributed by atoms with Crippen LogP contribution in [0.2, 0.25) is 0 Å². The number of carbonyl (C=O) groups excluding carboxylic acids is 1. The summed E-state index contributed by atoms with van der Waals surface area (Å²) < 4.78 is 24.2. The number of anilines is 2. The van der Waals surface area contributed by atoms with Crippen LogP contribution in [0.3, 0.4) is 0 Å². The average Bonchev–Trinajstić information content (AvgIpc) is 3.63. The number of hydrogen-bond acceptors (Lipinski definition) is 7. The molecule has 0 atom stereocenters. The molecule has 2 saturated carbocycles. The molecule has 9 nitrogen and oxygen atoms in total. The zero-order valence-corrected chi connectivity index (χ0v) is 23.7. The molecule has 2 aliphatic carbocycles. The number of hydrogen-bond donors (Lipinski definition) is 3. The van der Waals surface area contributed by atoms with E-state index < -0.39 is 9.84 Å². The van der Waals surface area contributed by atoms with Crippen LogP contribution in [0, 0.1) is 0 Å². The lowest BCUT2D eigenvalue weighted by molar-refractivity contribution is 0.245. The second-order valence-electron chi connectivity index (χ2n) is 11.2. The van der Waals surface area contributed by atoms with Crippen LogP contribution < -0.4 is 15.5 Å². The summed E-state index contributed by atoms with van der Waals surface area (Å²) in [7, 11) is -1.52. The molecule has 2 aromatic carbocycles. The van der Waals surface area contributed by atoms with Gasteiger partial charge in [0.1, 0.15) is 0 Å². The summed E-state index contributed by atoms with van der Waals surface area (Å²) >= 11 is 0. The molecule has 10 heteroatoms. The topological polar surface area (TPSA) is 125 Å². The van der Waals surface area contributed by atoms with Crippen molar-refractivity contribution in [2.24, 2.45) is 0 Å². The molecule has 3 N–H and O–H groups in total. The van der Waals surface area contributed by atoms with Crippen LogP contribution in [-0.2, 0) is 21.8 Å². The highest BCUT2D eigenvalue weighted by molar-refractivity contribution is 7.91. The van der Waals surface area contributed by atoms with E-state index in [1.807, 2.05) is 17.0 Å². The fourth-order valence-corrected chi connectivity index (χ4v) is 7.13. The summed E-state index contributed by atoms with van der Waals surface area (Å²) in [4.78, 5) is 24.6. The smallest absolute Gasteiger partial charge is 0.322 e. The Kier molecular flexibility index (Phi) is 6.68. The SMILES string of the molecule is CCS(=O)(=O)c1ccc(CNC(=O)N2CC3(CCCC3)c3cc(-c4c(O)nc(NC)nc4C4CC4)ccc32)cc1. The van der Waals surface area contributed by atoms with Gasteiger partial charge in [0.2, 0.25) is 11.8 Å². The molecular formula is C30H35N5O4S. The molecule has 2 heterocycles. The number of fused-ring (bicyclic) bond motifs is 2. The molecular weight excluding hydrogens is 526 g/mol. The molecule has 40 heavy (non-hydrogen) atoms. The average molecular weight is 562 g/mol. The largest absolute Gasteiger partial charge is 0.493 e. The third-order valence-corrected chi connectivity index (χ3v) is 10.4. The predicted octanol–water partition coefficient (Wildman–Crippen LogP) is 5.10. The van der Waals surface area contributed by atoms with Crippen LogP contribution >= 0.6 is 0 Å². The molecule has 0 radical (unpaired) electrons. The standard InChI is InChI=1S/C30H35N5O4S/c1-3-40(38,39)22-11-6-19(7-12-22)17-32-29(37)35-18-30(14-4-5-15-30)23-16-21(10-13-24(23)35)25-26(20-8-9-20)33-28(31-2)34-27(25)36/h6-7,10-13,16,20H,3-5,8-9,14-15,17-18H2,1-2H3,(H,32,37)(H2,31,33,34,36). The van der Waals surface area contributed by atoms with E-state index in [2.05, 4.69) is 21.7 Å². The molecule has 0 saturated heterocycles. The van der Waals surface area contributed by atoms with E-state index in [9.17, 15) is 18.3 Å². The minimum atomic E-state index is -3.26. The van der Waals surface area contributed by atoms with Crippen molar-refractivity contribution in [1.29, 1.82) is 0 Å². The van der Waals surface area contributed by atoms with Crippen LogP contribution in [0.4, 0.5) is 16.4 Å². The van der Waals surface area contributed by atoms with Gasteiger partial charge in [-0.05, 0) is 66.6 Å². The second-order valence-corrected chi connectivity index (χ2v) is 13.4. The van der Waals surface area contributed by atoms with Gasteiger partial charge < -0.3 is 15.7 Å². The number of nitrogens with one attached hydrogen (secondary N) is 2. The van der Waals surface area contributed by atoms with Gasteiger partial charge >= 0.3 is 6.03 Å². The van der Waals surface area contributed by atoms with E-state index in [0.717, 1.165) is 66.6 Å². The monoisotopic (exact) mass is 561 g/mol. The number of aromatic nitrogens is 2. The Morgan fingerprint density at radius 1 is 1.10 bits per heavy atom. The highest BCUT2D eigenvalue weighted by Gasteiger charge is 2.46. The minimum Gasteiger partial charge on any atom is -0.493 e. The van der Waals surface area contributed by atoms with Crippen LogP contribution in [0.5, 0.6) is 5.88 Å². The van der Waals surface area contributed by atoms with Crippen molar-refractivity contribution < 1.29 is 18.3 Å². The Morgan fingerprint density at radius 2 is 1.82 bits per heavy atom. The van der Waals surface area contributed by atoms with Crippen LogP contribution in [0.1, 0.15) is 68.2 Å². The van der Waals surface area contributed by atoms with Crippen molar-refractivity contribution >= 4 is 27.5 Å². The number of nitrogens with zero attached hydrogens (tertiary/aromatic N) is 3. The van der Waals surface area contributed by atoms with Gasteiger partial charge in [-0.15, -0.1) is 0 Å². The molecule has 210 valence electrons. The third-order valence-electron chi connectivity index (χ3n) is 8.63. The van der Waals surface area contributed by atoms with Crippen molar-refractivity contribution in [2.45, 2.75) is 68.2 Å². The Hall–Kier alpha value is -3.66. The first kappa shape index (κ1) is 26.6. The molecule has 6 rings (SSSR count). The highest BCUT2D eigenvalue weighted by Crippen LogP contribution is 2.53. The number of sulfone groups is 1. The first-order chi connectivity index (χ1) is 19.2. The molecule has 1 aliphatic heterocycles. The van der Waals surface area contributed by atoms with Crippen molar-refractivity contribution in [3.05, 3.63) is 59.3 Å². The van der Waals surface area contributed by atoms with Gasteiger partial charge in [-0.3, -0.25) is 4.90 Å². The van der Waals surface area contributed by atoms with Crippen LogP contribution in [0.15, 0.2) is 47.4 Å². The first-order valence-electron chi connectivity index (χ1n) is 14.1. The van der Waals surface area contributed by atoms with Gasteiger partial charge in [-0.25, -0.2) is 18.2 Å². The number of aromatic hydroxyl groups is 1. The molecule has 0 unspecified atom stereocenters. The summed E-state index contributed by atoms with van der Waals surface area (Å²) in [6.07, 6.45) is 6.35. The maximum absolute atomic E-state index is 13.5. The van der Waals surface area contributed by atoms with E-state index in [0.29, 0.717) is 35.4 Å². The zero-order valence-electron chi connectivity index (χ0n) is 22.9. The van der Waals surface area contributed by atoms with Crippen LogP contribution in [0.25, 0.3) is 11.1 Å². The molecule has 2 amide bonds. The summed E-state index contributed by atoms with van der Waals surface area (Å²) in [5, 5.41) is 16.9. The number of benzene rings is 2. The van der Waals surface area contributed by atoms with Crippen molar-refractivity contribution in [1.82, 2.24) is 15.3 Å². The van der Waals surface area contributed by atoms with Gasteiger partial charge in [0.25, 0.3) is 0 Å². The predicted molar refractivity (Wildman–Crippen MR) is 155 cm³/mol. The fourth-order valence-electron chi connectivity index (χ4n) is 6.25. The summed E-state index contributed by atoms with van der Waals surface area (Å²) in [6, 6.07) is 12.6. The molecule has 3 aliphatic rings. The molecule has 3 aromatic rings. The van der Waals surface area contributed by atoms with Crippen LogP contribution in [-0.4, -0.2) is 48.9 Å². The Labute approximate surface area is 235 Å². The zero-order chi connectivity index (χ0) is 28.1. The highest BCUT2D eigenvalue weighted by atomic mass is 32.2. The maximum Gasteiger partial charge on any atom is 0.322 e. The minimum absolute atomic E-state index is 0.0213. The van der Waals surface area contributed by atoms with E-state index >= 15 is 0 Å². The van der Waals surface area contributed by atoms with E-state index in [1.165, 1.54) is 0 Å². The van der Waals surface area contributed by atoms with E-state index in [-0.39, 0.29) is 23.1 Å². The van der Waals surface area contributed by atoms with Gasteiger partial charge in [-0.1, -0.05) is 38.0 Å². The summed E-state index contributed by atoms with van der Waals surface area (Å²) in [5.41, 5.74) is 5.22. The van der Waals surface area contributed by atoms with Gasteiger partial charge in [0, 0.05) is 37.2 Å². The number of carbonyl (C=O) groups is 1. The lowest BCUT2D eigenvalue weighted by atomic mass is 9.80. The number of amides is 2. The fraction of sp³-hybridized carbons (Fsp3) is 0.433. The quantitative estimate of drug-likeness (QED) is 0.366. The van der Waals surface area contributed by atoms with Crippen molar-refractivity contribution in [3.63, 3.8) is 0 Å². The summed E-state index contributed by atoms with van der Waals surface area (Å²) in [6.45, 7) is 2.54. The Morgan fingerprint density at radius 3 is 2.48 bits per heavy atom. The molecule has 2 fully saturated rings. The third kappa shape index (κ3) is 4.68. The number of urea groups is 1. The molecule has 1 aromatic heterocycles. The maximum atomic E-state index is 13.5. The normalized spacial score (nSPS) is 17.7. The first-order valence-corrected chi connectivity index (χ1v) is 15.7. The molecule has 1 spiro atoms. The lowest BCUT2D eigenvalue weighted by Gasteiger charge is -2.25. The van der Waals surface area contributed by atoms with E-state index in [4.69, 9.17) is 4.98 Å². The van der Waals surface area contributed by atoms with Crippen molar-refractivity contribution in [2.75, 3.05) is 29.6 Å². The lowest BCUT2D eigenvalue weighted by Crippen LogP contribution is -2.41. The Balaban J connectivity index is 1.28. The molecule has 0 bridgehead atoms. The van der Waals surface area contributed by atoms with Gasteiger partial charge in [0.05, 0.1) is 21.9 Å². The second kappa shape index (κ2) is 10.1. The number of rotatable bonds is 7. The van der Waals surface area contributed by atoms with Gasteiger partial charge in [-0.2, -0.15) is 4.98 Å². The van der Waals surface area contributed by atoms with E-state index in [1.54, 1.807) is 38.2 Å². The summed E-state index contributed by atoms with van der Waals surface area (Å²) in [5.74, 6) is 0.771. The van der Waals surface area contributed by atoms with Crippen molar-refractivity contribution in [3.8, 4) is 17.0 Å². The van der Waals surface area contributed by atoms with Gasteiger partial charge in [0.15, 0.2) is 9.84 Å².